The van der Waals surface area contributed by atoms with Gasteiger partial charge in [-0.25, -0.2) is 0 Å². The summed E-state index contributed by atoms with van der Waals surface area (Å²) < 4.78 is 5.08. The molecule has 0 aliphatic rings. The second-order valence-corrected chi connectivity index (χ2v) is 4.20. The number of carbonyl (C=O) groups excluding carboxylic acids is 1. The van der Waals surface area contributed by atoms with Crippen LogP contribution in [0.5, 0.6) is 5.75 Å². The summed E-state index contributed by atoms with van der Waals surface area (Å²) in [6.07, 6.45) is -6.51. The lowest BCUT2D eigenvalue weighted by Crippen LogP contribution is -2.48. The lowest BCUT2D eigenvalue weighted by molar-refractivity contribution is -0.384. The first-order chi connectivity index (χ1) is 9.90. The molecule has 0 amide bonds. The van der Waals surface area contributed by atoms with E-state index >= 15 is 0 Å². The van der Waals surface area contributed by atoms with Crippen molar-refractivity contribution in [3.63, 3.8) is 0 Å². The second-order valence-electron chi connectivity index (χ2n) is 4.20. The number of hydrogen-bond donors (Lipinski definition) is 4. The number of ether oxygens (including phenoxy) is 1. The molecule has 0 aromatic heterocycles. The van der Waals surface area contributed by atoms with E-state index in [1.54, 1.807) is 0 Å². The standard InChI is InChI=1S/C12H15NO8/c14-5-9(16)11(17)12(18)10(6-15)21-8-3-1-7(2-4-8)13(19)20/h1-4,6,9-12,14,16-18H,5H2/t9-,10+,11+,12-/m1/s1. The predicted molar refractivity (Wildman–Crippen MR) is 68.7 cm³/mol. The molecule has 0 aliphatic carbocycles. The molecule has 0 saturated heterocycles. The van der Waals surface area contributed by atoms with Crippen LogP contribution in [0.3, 0.4) is 0 Å². The number of non-ortho nitro benzene ring substituents is 1. The molecule has 0 radical (unpaired) electrons. The van der Waals surface area contributed by atoms with Crippen LogP contribution in [-0.4, -0.2) is 62.7 Å². The Morgan fingerprint density at radius 2 is 1.76 bits per heavy atom. The van der Waals surface area contributed by atoms with Crippen molar-refractivity contribution in [3.8, 4) is 5.75 Å². The first-order valence-electron chi connectivity index (χ1n) is 5.92. The molecule has 116 valence electrons. The Balaban J connectivity index is 2.77. The van der Waals surface area contributed by atoms with E-state index in [0.717, 1.165) is 12.1 Å². The smallest absolute Gasteiger partial charge is 0.269 e. The summed E-state index contributed by atoms with van der Waals surface area (Å²) in [5, 5.41) is 47.5. The zero-order valence-corrected chi connectivity index (χ0v) is 10.8. The Labute approximate surface area is 119 Å². The van der Waals surface area contributed by atoms with Gasteiger partial charge in [-0.2, -0.15) is 0 Å². The van der Waals surface area contributed by atoms with Crippen LogP contribution in [0.1, 0.15) is 0 Å². The van der Waals surface area contributed by atoms with E-state index in [9.17, 15) is 30.2 Å². The maximum absolute atomic E-state index is 10.9. The van der Waals surface area contributed by atoms with Crippen LogP contribution in [0.2, 0.25) is 0 Å². The number of nitro groups is 1. The summed E-state index contributed by atoms with van der Waals surface area (Å²) in [6, 6.07) is 4.72. The third-order valence-electron chi connectivity index (χ3n) is 2.72. The average Bonchev–Trinajstić information content (AvgIpc) is 2.50. The molecular weight excluding hydrogens is 286 g/mol. The fourth-order valence-corrected chi connectivity index (χ4v) is 1.51. The van der Waals surface area contributed by atoms with E-state index < -0.39 is 35.9 Å². The van der Waals surface area contributed by atoms with E-state index in [-0.39, 0.29) is 17.7 Å². The Morgan fingerprint density at radius 3 is 2.19 bits per heavy atom. The van der Waals surface area contributed by atoms with Crippen LogP contribution in [0.15, 0.2) is 24.3 Å². The average molecular weight is 301 g/mol. The van der Waals surface area contributed by atoms with E-state index in [4.69, 9.17) is 9.84 Å². The Hall–Kier alpha value is -2.07. The predicted octanol–water partition coefficient (Wildman–Crippen LogP) is -1.38. The Morgan fingerprint density at radius 1 is 1.19 bits per heavy atom. The number of aldehydes is 1. The van der Waals surface area contributed by atoms with E-state index in [1.807, 2.05) is 0 Å². The molecule has 0 bridgehead atoms. The van der Waals surface area contributed by atoms with Crippen molar-refractivity contribution >= 4 is 12.0 Å². The summed E-state index contributed by atoms with van der Waals surface area (Å²) in [5.41, 5.74) is -0.179. The molecule has 0 unspecified atom stereocenters. The molecule has 1 rings (SSSR count). The minimum Gasteiger partial charge on any atom is -0.480 e. The number of carbonyl (C=O) groups is 1. The van der Waals surface area contributed by atoms with Gasteiger partial charge >= 0.3 is 0 Å². The van der Waals surface area contributed by atoms with Crippen molar-refractivity contribution in [2.24, 2.45) is 0 Å². The third kappa shape index (κ3) is 4.46. The van der Waals surface area contributed by atoms with E-state index in [2.05, 4.69) is 0 Å². The van der Waals surface area contributed by atoms with Crippen LogP contribution in [0.25, 0.3) is 0 Å². The number of rotatable bonds is 8. The molecule has 0 fully saturated rings. The second kappa shape index (κ2) is 7.64. The Bertz CT molecular complexity index is 477. The summed E-state index contributed by atoms with van der Waals surface area (Å²) in [4.78, 5) is 20.8. The highest BCUT2D eigenvalue weighted by atomic mass is 16.6. The van der Waals surface area contributed by atoms with Gasteiger partial charge in [0, 0.05) is 12.1 Å². The molecular formula is C12H15NO8. The van der Waals surface area contributed by atoms with Gasteiger partial charge in [0.05, 0.1) is 11.5 Å². The van der Waals surface area contributed by atoms with Crippen LogP contribution < -0.4 is 4.74 Å². The van der Waals surface area contributed by atoms with Crippen molar-refractivity contribution in [2.45, 2.75) is 24.4 Å². The lowest BCUT2D eigenvalue weighted by atomic mass is 10.0. The lowest BCUT2D eigenvalue weighted by Gasteiger charge is -2.26. The number of nitrogens with zero attached hydrogens (tertiary/aromatic N) is 1. The maximum atomic E-state index is 10.9. The SMILES string of the molecule is O=C[C@H](Oc1ccc([N+](=O)[O-])cc1)[C@@H](O)[C@@H](O)[C@H](O)CO. The number of hydrogen-bond acceptors (Lipinski definition) is 8. The summed E-state index contributed by atoms with van der Waals surface area (Å²) >= 11 is 0. The molecule has 9 heteroatoms. The first-order valence-corrected chi connectivity index (χ1v) is 5.92. The maximum Gasteiger partial charge on any atom is 0.269 e. The topological polar surface area (TPSA) is 150 Å². The molecule has 21 heavy (non-hydrogen) atoms. The highest BCUT2D eigenvalue weighted by Crippen LogP contribution is 2.19. The minimum atomic E-state index is -1.79. The highest BCUT2D eigenvalue weighted by molar-refractivity contribution is 5.58. The van der Waals surface area contributed by atoms with Crippen molar-refractivity contribution in [1.82, 2.24) is 0 Å². The van der Waals surface area contributed by atoms with Crippen LogP contribution in [0.4, 0.5) is 5.69 Å². The van der Waals surface area contributed by atoms with Gasteiger partial charge in [-0.3, -0.25) is 14.9 Å². The minimum absolute atomic E-state index is 0.0578. The zero-order valence-electron chi connectivity index (χ0n) is 10.8. The number of benzene rings is 1. The normalized spacial score (nSPS) is 16.6. The molecule has 0 spiro atoms. The van der Waals surface area contributed by atoms with Gasteiger partial charge in [-0.15, -0.1) is 0 Å². The fourth-order valence-electron chi connectivity index (χ4n) is 1.51. The van der Waals surface area contributed by atoms with Crippen molar-refractivity contribution < 1.29 is 34.9 Å². The largest absolute Gasteiger partial charge is 0.480 e. The highest BCUT2D eigenvalue weighted by Gasteiger charge is 2.32. The first kappa shape index (κ1) is 17.0. The van der Waals surface area contributed by atoms with Gasteiger partial charge in [-0.1, -0.05) is 0 Å². The van der Waals surface area contributed by atoms with Crippen LogP contribution in [0, 0.1) is 10.1 Å². The van der Waals surface area contributed by atoms with Gasteiger partial charge in [-0.05, 0) is 12.1 Å². The molecule has 4 atom stereocenters. The molecule has 1 aromatic carbocycles. The van der Waals surface area contributed by atoms with Crippen LogP contribution in [-0.2, 0) is 4.79 Å². The summed E-state index contributed by atoms with van der Waals surface area (Å²) in [6.45, 7) is -0.804. The zero-order chi connectivity index (χ0) is 16.0. The van der Waals surface area contributed by atoms with Gasteiger partial charge in [0.1, 0.15) is 24.1 Å². The Kier molecular flexibility index (Phi) is 6.18. The molecule has 0 saturated carbocycles. The van der Waals surface area contributed by atoms with Crippen molar-refractivity contribution in [3.05, 3.63) is 34.4 Å². The van der Waals surface area contributed by atoms with E-state index in [1.165, 1.54) is 12.1 Å². The molecule has 4 N–H and O–H groups in total. The molecule has 0 aliphatic heterocycles. The van der Waals surface area contributed by atoms with Gasteiger partial charge in [0.2, 0.25) is 0 Å². The van der Waals surface area contributed by atoms with Crippen molar-refractivity contribution in [2.75, 3.05) is 6.61 Å². The third-order valence-corrected chi connectivity index (χ3v) is 2.72. The molecule has 0 heterocycles. The van der Waals surface area contributed by atoms with Crippen molar-refractivity contribution in [1.29, 1.82) is 0 Å². The van der Waals surface area contributed by atoms with Gasteiger partial charge < -0.3 is 25.2 Å². The van der Waals surface area contributed by atoms with E-state index in [0.29, 0.717) is 0 Å². The number of aliphatic hydroxyl groups is 4. The molecule has 1 aromatic rings. The summed E-state index contributed by atoms with van der Waals surface area (Å²) in [5.74, 6) is 0.0578. The monoisotopic (exact) mass is 301 g/mol. The van der Waals surface area contributed by atoms with Gasteiger partial charge in [0.15, 0.2) is 12.4 Å². The number of aliphatic hydroxyl groups excluding tert-OH is 4. The van der Waals surface area contributed by atoms with Gasteiger partial charge in [0.25, 0.3) is 5.69 Å². The quantitative estimate of drug-likeness (QED) is 0.260. The number of nitro benzene ring substituents is 1. The fraction of sp³-hybridized carbons (Fsp3) is 0.417. The van der Waals surface area contributed by atoms with Crippen LogP contribution >= 0.6 is 0 Å². The summed E-state index contributed by atoms with van der Waals surface area (Å²) in [7, 11) is 0. The molecule has 9 nitrogen and oxygen atoms in total.